The highest BCUT2D eigenvalue weighted by Gasteiger charge is 2.30. The first kappa shape index (κ1) is 15.4. The van der Waals surface area contributed by atoms with Gasteiger partial charge in [0.25, 0.3) is 0 Å². The Hall–Kier alpha value is -0.620. The molecule has 0 saturated carbocycles. The van der Waals surface area contributed by atoms with Gasteiger partial charge in [-0.3, -0.25) is 4.18 Å². The van der Waals surface area contributed by atoms with Crippen LogP contribution in [0.2, 0.25) is 0 Å². The minimum absolute atomic E-state index is 0.0915. The topological polar surface area (TPSA) is 164 Å². The van der Waals surface area contributed by atoms with E-state index in [1.165, 1.54) is 0 Å². The molecule has 4 atom stereocenters. The summed E-state index contributed by atoms with van der Waals surface area (Å²) in [5, 5.41) is 35.9. The van der Waals surface area contributed by atoms with E-state index >= 15 is 0 Å². The van der Waals surface area contributed by atoms with Crippen LogP contribution in [0.3, 0.4) is 0 Å². The Morgan fingerprint density at radius 2 is 1.69 bits per heavy atom. The molecule has 0 aromatic heterocycles. The first-order chi connectivity index (χ1) is 7.19. The zero-order valence-electron chi connectivity index (χ0n) is 7.83. The molecule has 0 aliphatic carbocycles. The monoisotopic (exact) mass is 259 g/mol. The van der Waals surface area contributed by atoms with Crippen molar-refractivity contribution in [3.8, 4) is 0 Å². The SMILES string of the molecule is O=C[C@H](O)[C@@H](O)[C@@H](O)[C@H](O)COS(=O)(=O)[O-]. The molecule has 0 spiro atoms. The van der Waals surface area contributed by atoms with Crippen LogP contribution in [0, 0.1) is 0 Å². The van der Waals surface area contributed by atoms with Crippen molar-refractivity contribution in [1.29, 1.82) is 0 Å². The van der Waals surface area contributed by atoms with Gasteiger partial charge in [-0.05, 0) is 0 Å². The minimum atomic E-state index is -5.04. The number of rotatable bonds is 7. The highest BCUT2D eigenvalue weighted by atomic mass is 32.3. The highest BCUT2D eigenvalue weighted by Crippen LogP contribution is 2.05. The van der Waals surface area contributed by atoms with E-state index in [0.717, 1.165) is 0 Å². The van der Waals surface area contributed by atoms with Gasteiger partial charge in [-0.15, -0.1) is 0 Å². The van der Waals surface area contributed by atoms with Crippen LogP contribution >= 0.6 is 0 Å². The van der Waals surface area contributed by atoms with Gasteiger partial charge in [0.05, 0.1) is 6.61 Å². The lowest BCUT2D eigenvalue weighted by molar-refractivity contribution is -0.135. The smallest absolute Gasteiger partial charge is 0.217 e. The maximum absolute atomic E-state index is 10.0. The van der Waals surface area contributed by atoms with E-state index < -0.39 is 41.4 Å². The first-order valence-electron chi connectivity index (χ1n) is 3.97. The molecular weight excluding hydrogens is 248 g/mol. The number of aliphatic hydroxyl groups is 4. The van der Waals surface area contributed by atoms with Crippen LogP contribution in [0.4, 0.5) is 0 Å². The predicted octanol–water partition coefficient (Wildman–Crippen LogP) is -3.89. The summed E-state index contributed by atoms with van der Waals surface area (Å²) in [4.78, 5) is 10.0. The van der Waals surface area contributed by atoms with Crippen molar-refractivity contribution in [1.82, 2.24) is 0 Å². The van der Waals surface area contributed by atoms with Crippen molar-refractivity contribution >= 4 is 16.7 Å². The lowest BCUT2D eigenvalue weighted by Gasteiger charge is -2.24. The second-order valence-electron chi connectivity index (χ2n) is 2.87. The summed E-state index contributed by atoms with van der Waals surface area (Å²) in [5.74, 6) is 0. The Balaban J connectivity index is 4.27. The van der Waals surface area contributed by atoms with E-state index in [4.69, 9.17) is 20.4 Å². The third-order valence-corrected chi connectivity index (χ3v) is 2.04. The standard InChI is InChI=1S/C6H12O9S/c7-1-3(8)5(10)6(11)4(9)2-15-16(12,13)14/h1,3-6,8-11H,2H2,(H,12,13,14)/p-1/t3-,4+,5+,6-/m0/s1. The van der Waals surface area contributed by atoms with Crippen LogP contribution in [0.1, 0.15) is 0 Å². The van der Waals surface area contributed by atoms with Crippen LogP contribution in [0.25, 0.3) is 0 Å². The molecular formula is C6H11O9S-. The molecule has 0 saturated heterocycles. The molecule has 0 heterocycles. The maximum Gasteiger partial charge on any atom is 0.217 e. The quantitative estimate of drug-likeness (QED) is 0.203. The summed E-state index contributed by atoms with van der Waals surface area (Å²) < 4.78 is 33.5. The lowest BCUT2D eigenvalue weighted by Crippen LogP contribution is -2.46. The summed E-state index contributed by atoms with van der Waals surface area (Å²) >= 11 is 0. The Morgan fingerprint density at radius 1 is 1.19 bits per heavy atom. The van der Waals surface area contributed by atoms with E-state index in [2.05, 4.69) is 4.18 Å². The largest absolute Gasteiger partial charge is 0.726 e. The van der Waals surface area contributed by atoms with E-state index in [9.17, 15) is 17.8 Å². The zero-order valence-corrected chi connectivity index (χ0v) is 8.65. The van der Waals surface area contributed by atoms with E-state index in [-0.39, 0.29) is 6.29 Å². The lowest BCUT2D eigenvalue weighted by atomic mass is 10.0. The molecule has 0 rings (SSSR count). The molecule has 0 unspecified atom stereocenters. The molecule has 4 N–H and O–H groups in total. The minimum Gasteiger partial charge on any atom is -0.726 e. The van der Waals surface area contributed by atoms with Gasteiger partial charge < -0.3 is 29.8 Å². The highest BCUT2D eigenvalue weighted by molar-refractivity contribution is 7.80. The van der Waals surface area contributed by atoms with Crippen molar-refractivity contribution in [2.75, 3.05) is 6.61 Å². The second-order valence-corrected chi connectivity index (χ2v) is 3.92. The van der Waals surface area contributed by atoms with Crippen LogP contribution in [-0.4, -0.2) is 70.7 Å². The molecule has 9 nitrogen and oxygen atoms in total. The van der Waals surface area contributed by atoms with Gasteiger partial charge in [-0.2, -0.15) is 0 Å². The molecule has 16 heavy (non-hydrogen) atoms. The van der Waals surface area contributed by atoms with Gasteiger partial charge in [0.1, 0.15) is 24.4 Å². The van der Waals surface area contributed by atoms with Gasteiger partial charge in [0, 0.05) is 0 Å². The molecule has 0 fully saturated rings. The Labute approximate surface area is 90.9 Å². The van der Waals surface area contributed by atoms with Crippen LogP contribution in [0.15, 0.2) is 0 Å². The summed E-state index contributed by atoms with van der Waals surface area (Å²) in [7, 11) is -5.04. The molecule has 0 aromatic carbocycles. The fraction of sp³-hybridized carbons (Fsp3) is 0.833. The number of hydrogen-bond donors (Lipinski definition) is 4. The average molecular weight is 259 g/mol. The second kappa shape index (κ2) is 6.20. The fourth-order valence-corrected chi connectivity index (χ4v) is 1.07. The van der Waals surface area contributed by atoms with Crippen molar-refractivity contribution in [2.24, 2.45) is 0 Å². The Kier molecular flexibility index (Phi) is 5.96. The van der Waals surface area contributed by atoms with Crippen LogP contribution in [-0.2, 0) is 19.4 Å². The molecule has 0 aromatic rings. The van der Waals surface area contributed by atoms with Gasteiger partial charge >= 0.3 is 0 Å². The Bertz CT molecular complexity index is 312. The zero-order chi connectivity index (χ0) is 12.9. The van der Waals surface area contributed by atoms with Gasteiger partial charge in [-0.1, -0.05) is 0 Å². The van der Waals surface area contributed by atoms with Crippen LogP contribution < -0.4 is 0 Å². The number of carbonyl (C=O) groups is 1. The molecule has 96 valence electrons. The van der Waals surface area contributed by atoms with Crippen LogP contribution in [0.5, 0.6) is 0 Å². The molecule has 10 heteroatoms. The molecule has 0 radical (unpaired) electrons. The summed E-state index contributed by atoms with van der Waals surface area (Å²) in [5.41, 5.74) is 0. The summed E-state index contributed by atoms with van der Waals surface area (Å²) in [6.07, 6.45) is -8.06. The maximum atomic E-state index is 10.0. The van der Waals surface area contributed by atoms with Crippen molar-refractivity contribution in [3.63, 3.8) is 0 Å². The third kappa shape index (κ3) is 5.46. The van der Waals surface area contributed by atoms with Gasteiger partial charge in [-0.25, -0.2) is 8.42 Å². The van der Waals surface area contributed by atoms with E-state index in [1.807, 2.05) is 0 Å². The van der Waals surface area contributed by atoms with E-state index in [0.29, 0.717) is 0 Å². The first-order valence-corrected chi connectivity index (χ1v) is 5.30. The van der Waals surface area contributed by atoms with Gasteiger partial charge in [0.15, 0.2) is 6.29 Å². The third-order valence-electron chi connectivity index (χ3n) is 1.62. The Morgan fingerprint density at radius 3 is 2.06 bits per heavy atom. The number of carbonyl (C=O) groups excluding carboxylic acids is 1. The summed E-state index contributed by atoms with van der Waals surface area (Å²) in [6.45, 7) is -1.10. The molecule has 0 aliphatic rings. The number of hydrogen-bond acceptors (Lipinski definition) is 9. The normalized spacial score (nSPS) is 19.8. The van der Waals surface area contributed by atoms with Crippen molar-refractivity contribution in [2.45, 2.75) is 24.4 Å². The van der Waals surface area contributed by atoms with Crippen molar-refractivity contribution in [3.05, 3.63) is 0 Å². The van der Waals surface area contributed by atoms with Gasteiger partial charge in [0.2, 0.25) is 10.4 Å². The van der Waals surface area contributed by atoms with Crippen molar-refractivity contribution < 1.29 is 42.4 Å². The number of aldehydes is 1. The molecule has 0 bridgehead atoms. The predicted molar refractivity (Wildman–Crippen MR) is 45.7 cm³/mol. The molecule has 0 amide bonds. The average Bonchev–Trinajstić information content (AvgIpc) is 2.21. The van der Waals surface area contributed by atoms with E-state index in [1.54, 1.807) is 0 Å². The number of aliphatic hydroxyl groups excluding tert-OH is 4. The fourth-order valence-electron chi connectivity index (χ4n) is 0.762. The molecule has 0 aliphatic heterocycles. The summed E-state index contributed by atoms with van der Waals surface area (Å²) in [6, 6.07) is 0.